The van der Waals surface area contributed by atoms with Crippen LogP contribution in [0.3, 0.4) is 0 Å². The number of nitrogens with zero attached hydrogens (tertiary/aromatic N) is 5. The minimum Gasteiger partial charge on any atom is -0.496 e. The number of para-hydroxylation sites is 2. The van der Waals surface area contributed by atoms with Crippen molar-refractivity contribution < 1.29 is 4.74 Å². The lowest BCUT2D eigenvalue weighted by Gasteiger charge is -2.06. The van der Waals surface area contributed by atoms with E-state index in [1.54, 1.807) is 13.3 Å². The van der Waals surface area contributed by atoms with Crippen LogP contribution in [0.1, 0.15) is 17.0 Å². The third kappa shape index (κ3) is 4.20. The molecule has 0 unspecified atom stereocenters. The molecule has 0 saturated carbocycles. The number of aryl methyl sites for hydroxylation is 2. The summed E-state index contributed by atoms with van der Waals surface area (Å²) < 4.78 is 7.37. The number of benzene rings is 2. The van der Waals surface area contributed by atoms with Crippen LogP contribution in [0.25, 0.3) is 16.9 Å². The summed E-state index contributed by atoms with van der Waals surface area (Å²) in [4.78, 5) is 8.70. The van der Waals surface area contributed by atoms with Crippen molar-refractivity contribution in [3.05, 3.63) is 83.8 Å². The molecular weight excluding hydrogens is 376 g/mol. The molecule has 2 aromatic heterocycles. The van der Waals surface area contributed by atoms with Crippen LogP contribution in [-0.2, 0) is 0 Å². The Bertz CT molecular complexity index is 1160. The van der Waals surface area contributed by atoms with Gasteiger partial charge < -0.3 is 4.74 Å². The van der Waals surface area contributed by atoms with Gasteiger partial charge in [0.05, 0.1) is 19.0 Å². The van der Waals surface area contributed by atoms with Crippen LogP contribution < -0.4 is 10.2 Å². The molecule has 7 nitrogen and oxygen atoms in total. The highest BCUT2D eigenvalue weighted by Crippen LogP contribution is 2.31. The fourth-order valence-corrected chi connectivity index (χ4v) is 3.18. The molecule has 150 valence electrons. The van der Waals surface area contributed by atoms with Gasteiger partial charge in [-0.3, -0.25) is 0 Å². The molecular formula is C23H22N6O. The predicted molar refractivity (Wildman–Crippen MR) is 118 cm³/mol. The smallest absolute Gasteiger partial charge is 0.243 e. The van der Waals surface area contributed by atoms with Gasteiger partial charge in [-0.2, -0.15) is 10.2 Å². The zero-order valence-corrected chi connectivity index (χ0v) is 17.1. The molecule has 0 atom stereocenters. The summed E-state index contributed by atoms with van der Waals surface area (Å²) in [6, 6.07) is 19.6. The lowest BCUT2D eigenvalue weighted by molar-refractivity contribution is 0.416. The average molecular weight is 398 g/mol. The average Bonchev–Trinajstić information content (AvgIpc) is 3.17. The molecule has 0 saturated heterocycles. The molecule has 2 aromatic carbocycles. The first-order valence-electron chi connectivity index (χ1n) is 9.54. The third-order valence-corrected chi connectivity index (χ3v) is 4.48. The van der Waals surface area contributed by atoms with E-state index in [4.69, 9.17) is 9.84 Å². The van der Waals surface area contributed by atoms with Gasteiger partial charge in [0.15, 0.2) is 0 Å². The van der Waals surface area contributed by atoms with E-state index in [1.807, 2.05) is 85.4 Å². The number of nitrogens with one attached hydrogen (secondary N) is 1. The molecule has 0 aliphatic rings. The standard InChI is InChI=1S/C23H22N6O/c1-16-13-17(2)26-23(25-16)27-24-14-18-15-29(19-9-5-4-6-10-19)28-22(18)20-11-7-8-12-21(20)30-3/h4-15H,1-3H3,(H,25,26,27)/b24-14-. The van der Waals surface area contributed by atoms with Crippen molar-refractivity contribution in [1.82, 2.24) is 19.7 Å². The second-order valence-electron chi connectivity index (χ2n) is 6.76. The highest BCUT2D eigenvalue weighted by atomic mass is 16.5. The topological polar surface area (TPSA) is 77.2 Å². The molecule has 0 bridgehead atoms. The Kier molecular flexibility index (Phi) is 5.52. The van der Waals surface area contributed by atoms with E-state index in [0.29, 0.717) is 5.95 Å². The number of ether oxygens (including phenoxy) is 1. The van der Waals surface area contributed by atoms with Gasteiger partial charge in [0.25, 0.3) is 0 Å². The summed E-state index contributed by atoms with van der Waals surface area (Å²) in [5, 5.41) is 9.15. The van der Waals surface area contributed by atoms with Crippen LogP contribution in [0, 0.1) is 13.8 Å². The van der Waals surface area contributed by atoms with Gasteiger partial charge >= 0.3 is 0 Å². The van der Waals surface area contributed by atoms with E-state index in [2.05, 4.69) is 20.5 Å². The fraction of sp³-hybridized carbons (Fsp3) is 0.130. The SMILES string of the molecule is COc1ccccc1-c1nn(-c2ccccc2)cc1/C=N\Nc1nc(C)cc(C)n1. The second kappa shape index (κ2) is 8.57. The van der Waals surface area contributed by atoms with Gasteiger partial charge in [0, 0.05) is 28.7 Å². The first-order valence-corrected chi connectivity index (χ1v) is 9.54. The van der Waals surface area contributed by atoms with Crippen molar-refractivity contribution in [2.45, 2.75) is 13.8 Å². The number of rotatable bonds is 6. The summed E-state index contributed by atoms with van der Waals surface area (Å²) in [6.45, 7) is 3.85. The van der Waals surface area contributed by atoms with Crippen LogP contribution in [0.2, 0.25) is 0 Å². The first kappa shape index (κ1) is 19.3. The normalized spacial score (nSPS) is 11.0. The van der Waals surface area contributed by atoms with Gasteiger partial charge in [0.2, 0.25) is 5.95 Å². The second-order valence-corrected chi connectivity index (χ2v) is 6.76. The van der Waals surface area contributed by atoms with E-state index in [9.17, 15) is 0 Å². The van der Waals surface area contributed by atoms with Gasteiger partial charge in [-0.05, 0) is 44.2 Å². The molecule has 0 radical (unpaired) electrons. The van der Waals surface area contributed by atoms with E-state index in [0.717, 1.165) is 39.6 Å². The highest BCUT2D eigenvalue weighted by Gasteiger charge is 2.15. The largest absolute Gasteiger partial charge is 0.496 e. The molecule has 4 aromatic rings. The van der Waals surface area contributed by atoms with Crippen LogP contribution in [0.5, 0.6) is 5.75 Å². The lowest BCUT2D eigenvalue weighted by atomic mass is 10.1. The minimum atomic E-state index is 0.457. The summed E-state index contributed by atoms with van der Waals surface area (Å²) in [7, 11) is 1.65. The van der Waals surface area contributed by atoms with Gasteiger partial charge in [-0.1, -0.05) is 30.3 Å². The first-order chi connectivity index (χ1) is 14.6. The predicted octanol–water partition coefficient (Wildman–Crippen LogP) is 4.40. The Morgan fingerprint density at radius 2 is 1.67 bits per heavy atom. The minimum absolute atomic E-state index is 0.457. The molecule has 2 heterocycles. The zero-order chi connectivity index (χ0) is 20.9. The van der Waals surface area contributed by atoms with Crippen LogP contribution in [0.4, 0.5) is 5.95 Å². The van der Waals surface area contributed by atoms with Gasteiger partial charge in [-0.25, -0.2) is 20.1 Å². The third-order valence-electron chi connectivity index (χ3n) is 4.48. The molecule has 4 rings (SSSR count). The molecule has 0 amide bonds. The number of anilines is 1. The van der Waals surface area contributed by atoms with Crippen LogP contribution in [-0.4, -0.2) is 33.1 Å². The van der Waals surface area contributed by atoms with E-state index < -0.39 is 0 Å². The Morgan fingerprint density at radius 1 is 0.967 bits per heavy atom. The Balaban J connectivity index is 1.72. The maximum absolute atomic E-state index is 5.54. The van der Waals surface area contributed by atoms with E-state index in [1.165, 1.54) is 0 Å². The number of hydrazone groups is 1. The van der Waals surface area contributed by atoms with Gasteiger partial charge in [-0.15, -0.1) is 0 Å². The van der Waals surface area contributed by atoms with Crippen LogP contribution in [0.15, 0.2) is 72.0 Å². The van der Waals surface area contributed by atoms with Crippen molar-refractivity contribution in [2.75, 3.05) is 12.5 Å². The number of aromatic nitrogens is 4. The van der Waals surface area contributed by atoms with Crippen LogP contribution >= 0.6 is 0 Å². The lowest BCUT2D eigenvalue weighted by Crippen LogP contribution is -2.00. The summed E-state index contributed by atoms with van der Waals surface area (Å²) >= 11 is 0. The fourth-order valence-electron chi connectivity index (χ4n) is 3.18. The molecule has 0 fully saturated rings. The molecule has 1 N–H and O–H groups in total. The van der Waals surface area contributed by atoms with Crippen molar-refractivity contribution in [2.24, 2.45) is 5.10 Å². The molecule has 30 heavy (non-hydrogen) atoms. The number of hydrogen-bond donors (Lipinski definition) is 1. The maximum atomic E-state index is 5.54. The van der Waals surface area contributed by atoms with E-state index >= 15 is 0 Å². The summed E-state index contributed by atoms with van der Waals surface area (Å²) in [6.07, 6.45) is 3.65. The van der Waals surface area contributed by atoms with Gasteiger partial charge in [0.1, 0.15) is 11.4 Å². The highest BCUT2D eigenvalue weighted by molar-refractivity contribution is 5.90. The molecule has 0 aliphatic carbocycles. The monoisotopic (exact) mass is 398 g/mol. The Labute approximate surface area is 175 Å². The maximum Gasteiger partial charge on any atom is 0.243 e. The quantitative estimate of drug-likeness (QED) is 0.385. The summed E-state index contributed by atoms with van der Waals surface area (Å²) in [5.41, 5.74) is 8.12. The number of methoxy groups -OCH3 is 1. The van der Waals surface area contributed by atoms with Crippen molar-refractivity contribution in [1.29, 1.82) is 0 Å². The zero-order valence-electron chi connectivity index (χ0n) is 17.1. The molecule has 0 aliphatic heterocycles. The van der Waals surface area contributed by atoms with Crippen molar-refractivity contribution >= 4 is 12.2 Å². The number of hydrogen-bond acceptors (Lipinski definition) is 6. The Hall–Kier alpha value is -4.00. The van der Waals surface area contributed by atoms with Crippen molar-refractivity contribution in [3.63, 3.8) is 0 Å². The van der Waals surface area contributed by atoms with Crippen molar-refractivity contribution in [3.8, 4) is 22.7 Å². The molecule has 0 spiro atoms. The van der Waals surface area contributed by atoms with E-state index in [-0.39, 0.29) is 0 Å². The summed E-state index contributed by atoms with van der Waals surface area (Å²) in [5.74, 6) is 1.20. The Morgan fingerprint density at radius 3 is 2.40 bits per heavy atom. The molecule has 7 heteroatoms.